The first-order chi connectivity index (χ1) is 10.9. The van der Waals surface area contributed by atoms with E-state index in [1.54, 1.807) is 31.3 Å². The zero-order chi connectivity index (χ0) is 17.0. The summed E-state index contributed by atoms with van der Waals surface area (Å²) in [5.41, 5.74) is 0.392. The first kappa shape index (κ1) is 16.8. The lowest BCUT2D eigenvalue weighted by atomic mass is 10.1. The summed E-state index contributed by atoms with van der Waals surface area (Å²) in [5.74, 6) is -0.379. The number of hydrogen-bond acceptors (Lipinski definition) is 5. The number of nitro groups is 1. The molecule has 1 amide bonds. The van der Waals surface area contributed by atoms with Crippen LogP contribution in [-0.4, -0.2) is 34.1 Å². The third kappa shape index (κ3) is 3.81. The highest BCUT2D eigenvalue weighted by atomic mass is 32.2. The third-order valence-electron chi connectivity index (χ3n) is 3.38. The fourth-order valence-corrected chi connectivity index (χ4v) is 2.59. The summed E-state index contributed by atoms with van der Waals surface area (Å²) in [6, 6.07) is 11.1. The van der Waals surface area contributed by atoms with E-state index in [0.717, 1.165) is 4.90 Å². The molecular formula is C16H16N2O4S. The van der Waals surface area contributed by atoms with Gasteiger partial charge in [0.15, 0.2) is 0 Å². The molecule has 0 bridgehead atoms. The minimum Gasteiger partial charge on any atom is -0.508 e. The number of carbonyl (C=O) groups excluding carboxylic acids is 1. The highest BCUT2D eigenvalue weighted by Gasteiger charge is 2.23. The average Bonchev–Trinajstić information content (AvgIpc) is 2.55. The zero-order valence-corrected chi connectivity index (χ0v) is 13.5. The van der Waals surface area contributed by atoms with Crippen LogP contribution in [0.1, 0.15) is 15.9 Å². The topological polar surface area (TPSA) is 83.7 Å². The molecule has 0 fully saturated rings. The molecule has 0 aliphatic rings. The van der Waals surface area contributed by atoms with Crippen molar-refractivity contribution >= 4 is 23.4 Å². The van der Waals surface area contributed by atoms with Crippen LogP contribution in [-0.2, 0) is 6.54 Å². The van der Waals surface area contributed by atoms with Crippen LogP contribution in [0.4, 0.5) is 5.69 Å². The van der Waals surface area contributed by atoms with Crippen molar-refractivity contribution in [1.82, 2.24) is 4.90 Å². The van der Waals surface area contributed by atoms with Gasteiger partial charge in [-0.05, 0) is 24.5 Å². The van der Waals surface area contributed by atoms with E-state index in [9.17, 15) is 20.0 Å². The Morgan fingerprint density at radius 2 is 2.00 bits per heavy atom. The van der Waals surface area contributed by atoms with Crippen molar-refractivity contribution in [2.75, 3.05) is 13.3 Å². The molecule has 0 aliphatic carbocycles. The molecule has 7 heteroatoms. The number of thioether (sulfide) groups is 1. The quantitative estimate of drug-likeness (QED) is 0.516. The van der Waals surface area contributed by atoms with E-state index in [2.05, 4.69) is 0 Å². The number of para-hydroxylation sites is 1. The van der Waals surface area contributed by atoms with Crippen molar-refractivity contribution < 1.29 is 14.8 Å². The first-order valence-electron chi connectivity index (χ1n) is 6.78. The normalized spacial score (nSPS) is 10.3. The largest absolute Gasteiger partial charge is 0.508 e. The van der Waals surface area contributed by atoms with Gasteiger partial charge in [-0.3, -0.25) is 14.9 Å². The summed E-state index contributed by atoms with van der Waals surface area (Å²) in [7, 11) is 1.55. The summed E-state index contributed by atoms with van der Waals surface area (Å²) < 4.78 is 0. The summed E-state index contributed by atoms with van der Waals surface area (Å²) in [5, 5.41) is 20.9. The summed E-state index contributed by atoms with van der Waals surface area (Å²) in [6.07, 6.45) is 1.83. The second-order valence-corrected chi connectivity index (χ2v) is 5.81. The predicted molar refractivity (Wildman–Crippen MR) is 88.8 cm³/mol. The number of benzene rings is 2. The van der Waals surface area contributed by atoms with Crippen LogP contribution in [0.3, 0.4) is 0 Å². The van der Waals surface area contributed by atoms with Gasteiger partial charge in [-0.1, -0.05) is 18.2 Å². The number of rotatable bonds is 5. The highest BCUT2D eigenvalue weighted by Crippen LogP contribution is 2.26. The third-order valence-corrected chi connectivity index (χ3v) is 4.10. The molecule has 0 unspecified atom stereocenters. The van der Waals surface area contributed by atoms with Crippen molar-refractivity contribution in [3.05, 3.63) is 63.7 Å². The molecule has 2 rings (SSSR count). The fourth-order valence-electron chi connectivity index (χ4n) is 2.15. The summed E-state index contributed by atoms with van der Waals surface area (Å²) in [6.45, 7) is 0.159. The Morgan fingerprint density at radius 1 is 1.30 bits per heavy atom. The van der Waals surface area contributed by atoms with E-state index in [0.29, 0.717) is 5.56 Å². The molecule has 1 N–H and O–H groups in total. The molecule has 0 saturated heterocycles. The molecule has 120 valence electrons. The number of nitro benzene ring substituents is 1. The van der Waals surface area contributed by atoms with E-state index in [1.807, 2.05) is 6.26 Å². The molecule has 6 nitrogen and oxygen atoms in total. The Morgan fingerprint density at radius 3 is 2.61 bits per heavy atom. The number of hydrogen-bond donors (Lipinski definition) is 1. The molecule has 0 aromatic heterocycles. The van der Waals surface area contributed by atoms with Crippen LogP contribution in [0.15, 0.2) is 47.4 Å². The number of carbonyl (C=O) groups is 1. The molecule has 0 aliphatic heterocycles. The van der Waals surface area contributed by atoms with Gasteiger partial charge < -0.3 is 10.0 Å². The Labute approximate surface area is 137 Å². The van der Waals surface area contributed by atoms with Gasteiger partial charge in [0, 0.05) is 30.1 Å². The Bertz CT molecular complexity index is 749. The van der Waals surface area contributed by atoms with Crippen LogP contribution in [0.5, 0.6) is 5.75 Å². The first-order valence-corrected chi connectivity index (χ1v) is 8.01. The number of aromatic hydroxyl groups is 1. The maximum Gasteiger partial charge on any atom is 0.282 e. The molecule has 0 radical (unpaired) electrons. The van der Waals surface area contributed by atoms with Crippen LogP contribution in [0, 0.1) is 10.1 Å². The second-order valence-electron chi connectivity index (χ2n) is 4.93. The molecule has 2 aromatic rings. The van der Waals surface area contributed by atoms with Crippen LogP contribution >= 0.6 is 11.8 Å². The van der Waals surface area contributed by atoms with Gasteiger partial charge >= 0.3 is 0 Å². The minimum atomic E-state index is -0.564. The molecule has 0 heterocycles. The second kappa shape index (κ2) is 7.15. The smallest absolute Gasteiger partial charge is 0.282 e. The summed E-state index contributed by atoms with van der Waals surface area (Å²) >= 11 is 1.41. The number of phenols is 1. The lowest BCUT2D eigenvalue weighted by Crippen LogP contribution is -2.27. The molecule has 2 aromatic carbocycles. The maximum absolute atomic E-state index is 12.6. The summed E-state index contributed by atoms with van der Waals surface area (Å²) in [4.78, 5) is 25.3. The van der Waals surface area contributed by atoms with E-state index in [4.69, 9.17) is 0 Å². The molecule has 0 atom stereocenters. The lowest BCUT2D eigenvalue weighted by molar-refractivity contribution is -0.385. The number of amides is 1. The lowest BCUT2D eigenvalue weighted by Gasteiger charge is -2.18. The van der Waals surface area contributed by atoms with Gasteiger partial charge in [-0.2, -0.15) is 0 Å². The Hall–Kier alpha value is -2.54. The Kier molecular flexibility index (Phi) is 5.23. The van der Waals surface area contributed by atoms with Gasteiger partial charge in [0.2, 0.25) is 0 Å². The van der Waals surface area contributed by atoms with Crippen molar-refractivity contribution in [3.63, 3.8) is 0 Å². The SMILES string of the molecule is CSc1ccc([N+](=O)[O-])c(C(=O)N(C)Cc2ccccc2O)c1. The monoisotopic (exact) mass is 332 g/mol. The fraction of sp³-hybridized carbons (Fsp3) is 0.188. The molecule has 23 heavy (non-hydrogen) atoms. The minimum absolute atomic E-state index is 0.0415. The van der Waals surface area contributed by atoms with Crippen LogP contribution in [0.25, 0.3) is 0 Å². The van der Waals surface area contributed by atoms with Crippen molar-refractivity contribution in [2.24, 2.45) is 0 Å². The molecule has 0 saturated carbocycles. The van der Waals surface area contributed by atoms with E-state index in [1.165, 1.54) is 34.9 Å². The predicted octanol–water partition coefficient (Wildman–Crippen LogP) is 3.29. The van der Waals surface area contributed by atoms with Gasteiger partial charge in [0.1, 0.15) is 11.3 Å². The van der Waals surface area contributed by atoms with Crippen molar-refractivity contribution in [2.45, 2.75) is 11.4 Å². The van der Waals surface area contributed by atoms with Crippen molar-refractivity contribution in [1.29, 1.82) is 0 Å². The van der Waals surface area contributed by atoms with E-state index >= 15 is 0 Å². The number of nitrogens with zero attached hydrogens (tertiary/aromatic N) is 2. The average molecular weight is 332 g/mol. The van der Waals surface area contributed by atoms with Crippen LogP contribution in [0.2, 0.25) is 0 Å². The van der Waals surface area contributed by atoms with Gasteiger partial charge in [0.25, 0.3) is 11.6 Å². The van der Waals surface area contributed by atoms with E-state index < -0.39 is 10.8 Å². The molecule has 0 spiro atoms. The van der Waals surface area contributed by atoms with Gasteiger partial charge in [0.05, 0.1) is 4.92 Å². The van der Waals surface area contributed by atoms with Gasteiger partial charge in [-0.25, -0.2) is 0 Å². The molecular weight excluding hydrogens is 316 g/mol. The van der Waals surface area contributed by atoms with E-state index in [-0.39, 0.29) is 23.5 Å². The van der Waals surface area contributed by atoms with Gasteiger partial charge in [-0.15, -0.1) is 11.8 Å². The Balaban J connectivity index is 2.32. The van der Waals surface area contributed by atoms with Crippen molar-refractivity contribution in [3.8, 4) is 5.75 Å². The zero-order valence-electron chi connectivity index (χ0n) is 12.7. The van der Waals surface area contributed by atoms with Crippen LogP contribution < -0.4 is 0 Å². The standard InChI is InChI=1S/C16H16N2O4S/c1-17(10-11-5-3-4-6-15(11)19)16(20)13-9-12(23-2)7-8-14(13)18(21)22/h3-9,19H,10H2,1-2H3. The maximum atomic E-state index is 12.6. The number of phenolic OH excluding ortho intramolecular Hbond substituents is 1. The highest BCUT2D eigenvalue weighted by molar-refractivity contribution is 7.98.